The van der Waals surface area contributed by atoms with E-state index in [1.807, 2.05) is 6.07 Å². The molecule has 0 saturated carbocycles. The molecular formula is C27H30N4O6. The van der Waals surface area contributed by atoms with Crippen molar-refractivity contribution in [3.8, 4) is 11.8 Å². The summed E-state index contributed by atoms with van der Waals surface area (Å²) in [5.74, 6) is -1.68. The number of nitrogens with zero attached hydrogens (tertiary/aromatic N) is 2. The molecule has 2 aromatic carbocycles. The first-order valence-corrected chi connectivity index (χ1v) is 11.9. The minimum atomic E-state index is -1.04. The molecule has 0 aliphatic carbocycles. The van der Waals surface area contributed by atoms with E-state index in [-0.39, 0.29) is 24.3 Å². The van der Waals surface area contributed by atoms with E-state index in [0.29, 0.717) is 24.0 Å². The van der Waals surface area contributed by atoms with Crippen molar-refractivity contribution in [2.24, 2.45) is 0 Å². The van der Waals surface area contributed by atoms with Gasteiger partial charge in [0.05, 0.1) is 11.6 Å². The zero-order chi connectivity index (χ0) is 27.2. The van der Waals surface area contributed by atoms with E-state index in [9.17, 15) is 24.3 Å². The molecule has 2 atom stereocenters. The normalized spacial score (nSPS) is 15.8. The molecule has 0 unspecified atom stereocenters. The second-order valence-electron chi connectivity index (χ2n) is 9.77. The van der Waals surface area contributed by atoms with Crippen LogP contribution in [-0.2, 0) is 20.7 Å². The molecule has 1 aliphatic heterocycles. The van der Waals surface area contributed by atoms with Gasteiger partial charge in [0.15, 0.2) is 0 Å². The number of hydrogen-bond donors (Lipinski definition) is 3. The summed E-state index contributed by atoms with van der Waals surface area (Å²) in [6.45, 7) is 5.39. The van der Waals surface area contributed by atoms with Crippen LogP contribution in [0.5, 0.6) is 5.75 Å². The number of ether oxygens (including phenoxy) is 1. The molecule has 1 aliphatic rings. The Balaban J connectivity index is 1.75. The lowest BCUT2D eigenvalue weighted by Crippen LogP contribution is -2.55. The fourth-order valence-corrected chi connectivity index (χ4v) is 3.98. The van der Waals surface area contributed by atoms with Gasteiger partial charge < -0.3 is 20.1 Å². The van der Waals surface area contributed by atoms with E-state index >= 15 is 0 Å². The molecule has 1 fully saturated rings. The van der Waals surface area contributed by atoms with Crippen LogP contribution < -0.4 is 10.6 Å². The minimum absolute atomic E-state index is 0.0648. The molecule has 10 heteroatoms. The van der Waals surface area contributed by atoms with Gasteiger partial charge in [-0.1, -0.05) is 12.1 Å². The molecule has 4 amide bonds. The molecule has 10 nitrogen and oxygen atoms in total. The number of alkyl carbamates (subject to hydrolysis) is 1. The molecule has 0 bridgehead atoms. The molecule has 3 N–H and O–H groups in total. The molecule has 37 heavy (non-hydrogen) atoms. The number of benzene rings is 2. The fraction of sp³-hybridized carbons (Fsp3) is 0.370. The topological polar surface area (TPSA) is 149 Å². The highest BCUT2D eigenvalue weighted by atomic mass is 16.6. The first-order valence-electron chi connectivity index (χ1n) is 11.9. The van der Waals surface area contributed by atoms with Crippen LogP contribution in [0, 0.1) is 11.3 Å². The highest BCUT2D eigenvalue weighted by Gasteiger charge is 2.38. The molecular weight excluding hydrogens is 476 g/mol. The van der Waals surface area contributed by atoms with Crippen LogP contribution in [0.2, 0.25) is 0 Å². The van der Waals surface area contributed by atoms with E-state index < -0.39 is 41.5 Å². The standard InChI is InChI=1S/C27H30N4O6/c1-27(2,3)37-26(36)29-21(15-17-8-12-20(32)13-9-17)25(35)31-14-4-5-22(31)24(34)30-23(33)19-10-6-18(16-28)7-11-19/h6-13,21-22,32H,4-5,14-15H2,1-3H3,(H,29,36)(H,30,33,34)/t21-,22-/m0/s1. The number of phenolic OH excluding ortho intramolecular Hbond substituents is 1. The summed E-state index contributed by atoms with van der Waals surface area (Å²) in [7, 11) is 0. The highest BCUT2D eigenvalue weighted by Crippen LogP contribution is 2.21. The number of aromatic hydroxyl groups is 1. The Hall–Kier alpha value is -4.39. The third-order valence-electron chi connectivity index (χ3n) is 5.72. The SMILES string of the molecule is CC(C)(C)OC(=O)N[C@@H](Cc1ccc(O)cc1)C(=O)N1CCC[C@H]1C(=O)NC(=O)c1ccc(C#N)cc1. The number of nitrogens with one attached hydrogen (secondary N) is 2. The summed E-state index contributed by atoms with van der Waals surface area (Å²) in [6, 6.07) is 12.1. The Morgan fingerprint density at radius 2 is 1.76 bits per heavy atom. The van der Waals surface area contributed by atoms with Gasteiger partial charge in [-0.15, -0.1) is 0 Å². The fourth-order valence-electron chi connectivity index (χ4n) is 3.98. The zero-order valence-electron chi connectivity index (χ0n) is 21.0. The van der Waals surface area contributed by atoms with Crippen molar-refractivity contribution in [2.75, 3.05) is 6.54 Å². The first-order chi connectivity index (χ1) is 17.5. The molecule has 1 heterocycles. The lowest BCUT2D eigenvalue weighted by atomic mass is 10.0. The Kier molecular flexibility index (Phi) is 8.50. The van der Waals surface area contributed by atoms with E-state index in [1.54, 1.807) is 32.9 Å². The third kappa shape index (κ3) is 7.54. The quantitative estimate of drug-likeness (QED) is 0.510. The average molecular weight is 507 g/mol. The number of imide groups is 1. The third-order valence-corrected chi connectivity index (χ3v) is 5.72. The van der Waals surface area contributed by atoms with Crippen molar-refractivity contribution in [1.82, 2.24) is 15.5 Å². The highest BCUT2D eigenvalue weighted by molar-refractivity contribution is 6.07. The van der Waals surface area contributed by atoms with Crippen molar-refractivity contribution in [2.45, 2.75) is 57.7 Å². The summed E-state index contributed by atoms with van der Waals surface area (Å²) in [4.78, 5) is 53.0. The van der Waals surface area contributed by atoms with Gasteiger partial charge in [-0.25, -0.2) is 4.79 Å². The van der Waals surface area contributed by atoms with E-state index in [1.165, 1.54) is 41.3 Å². The lowest BCUT2D eigenvalue weighted by molar-refractivity contribution is -0.139. The number of amides is 4. The van der Waals surface area contributed by atoms with Crippen molar-refractivity contribution in [3.05, 3.63) is 65.2 Å². The minimum Gasteiger partial charge on any atom is -0.508 e. The van der Waals surface area contributed by atoms with Gasteiger partial charge in [-0.3, -0.25) is 19.7 Å². The van der Waals surface area contributed by atoms with Crippen LogP contribution in [0.15, 0.2) is 48.5 Å². The van der Waals surface area contributed by atoms with E-state index in [0.717, 1.165) is 0 Å². The Morgan fingerprint density at radius 3 is 2.35 bits per heavy atom. The van der Waals surface area contributed by atoms with E-state index in [2.05, 4.69) is 10.6 Å². The monoisotopic (exact) mass is 506 g/mol. The molecule has 1 saturated heterocycles. The Morgan fingerprint density at radius 1 is 1.11 bits per heavy atom. The van der Waals surface area contributed by atoms with Crippen LogP contribution in [0.3, 0.4) is 0 Å². The van der Waals surface area contributed by atoms with Gasteiger partial charge in [0.25, 0.3) is 5.91 Å². The lowest BCUT2D eigenvalue weighted by Gasteiger charge is -2.29. The molecule has 3 rings (SSSR count). The van der Waals surface area contributed by atoms with Gasteiger partial charge in [-0.05, 0) is 75.6 Å². The summed E-state index contributed by atoms with van der Waals surface area (Å²) in [5.41, 5.74) is 0.494. The van der Waals surface area contributed by atoms with Gasteiger partial charge >= 0.3 is 6.09 Å². The van der Waals surface area contributed by atoms with Crippen LogP contribution in [0.25, 0.3) is 0 Å². The van der Waals surface area contributed by atoms with Gasteiger partial charge in [0.2, 0.25) is 11.8 Å². The summed E-state index contributed by atoms with van der Waals surface area (Å²) in [6.07, 6.45) is 0.234. The summed E-state index contributed by atoms with van der Waals surface area (Å²) < 4.78 is 5.33. The molecule has 0 spiro atoms. The zero-order valence-corrected chi connectivity index (χ0v) is 21.0. The molecule has 194 valence electrons. The second kappa shape index (κ2) is 11.6. The number of phenols is 1. The summed E-state index contributed by atoms with van der Waals surface area (Å²) >= 11 is 0. The molecule has 2 aromatic rings. The maximum Gasteiger partial charge on any atom is 0.408 e. The van der Waals surface area contributed by atoms with Gasteiger partial charge in [0, 0.05) is 18.5 Å². The number of hydrogen-bond acceptors (Lipinski definition) is 7. The molecule has 0 aromatic heterocycles. The predicted molar refractivity (Wildman–Crippen MR) is 133 cm³/mol. The van der Waals surface area contributed by atoms with Crippen molar-refractivity contribution in [3.63, 3.8) is 0 Å². The van der Waals surface area contributed by atoms with Crippen LogP contribution >= 0.6 is 0 Å². The maximum absolute atomic E-state index is 13.6. The smallest absolute Gasteiger partial charge is 0.408 e. The van der Waals surface area contributed by atoms with Gasteiger partial charge in [0.1, 0.15) is 23.4 Å². The summed E-state index contributed by atoms with van der Waals surface area (Å²) in [5, 5.41) is 23.4. The number of likely N-dealkylation sites (tertiary alicyclic amines) is 1. The Labute approximate surface area is 215 Å². The van der Waals surface area contributed by atoms with Crippen molar-refractivity contribution in [1.29, 1.82) is 5.26 Å². The number of carbonyl (C=O) groups excluding carboxylic acids is 4. The predicted octanol–water partition coefficient (Wildman–Crippen LogP) is 2.65. The molecule has 0 radical (unpaired) electrons. The first kappa shape index (κ1) is 27.2. The van der Waals surface area contributed by atoms with Crippen molar-refractivity contribution < 1.29 is 29.0 Å². The van der Waals surface area contributed by atoms with Crippen LogP contribution in [0.1, 0.15) is 55.1 Å². The van der Waals surface area contributed by atoms with E-state index in [4.69, 9.17) is 10.00 Å². The van der Waals surface area contributed by atoms with Gasteiger partial charge in [-0.2, -0.15) is 5.26 Å². The largest absolute Gasteiger partial charge is 0.508 e. The maximum atomic E-state index is 13.6. The number of rotatable bonds is 6. The van der Waals surface area contributed by atoms with Crippen LogP contribution in [0.4, 0.5) is 4.79 Å². The van der Waals surface area contributed by atoms with Crippen molar-refractivity contribution >= 4 is 23.8 Å². The second-order valence-corrected chi connectivity index (χ2v) is 9.77. The Bertz CT molecular complexity index is 1200. The number of nitriles is 1. The average Bonchev–Trinajstić information content (AvgIpc) is 3.33. The number of carbonyl (C=O) groups is 4. The van der Waals surface area contributed by atoms with Crippen LogP contribution in [-0.4, -0.2) is 58.1 Å².